The second-order valence-electron chi connectivity index (χ2n) is 3.61. The van der Waals surface area contributed by atoms with Crippen LogP contribution >= 0.6 is 0 Å². The maximum atomic E-state index is 12.1. The lowest BCUT2D eigenvalue weighted by molar-refractivity contribution is -0.105. The highest BCUT2D eigenvalue weighted by Gasteiger charge is 2.20. The van der Waals surface area contributed by atoms with Gasteiger partial charge in [0.2, 0.25) is 6.41 Å². The Morgan fingerprint density at radius 1 is 0.947 bits per heavy atom. The van der Waals surface area contributed by atoms with Gasteiger partial charge < -0.3 is 9.50 Å². The summed E-state index contributed by atoms with van der Waals surface area (Å²) in [7, 11) is -3.99. The molecule has 0 aliphatic carbocycles. The molecule has 19 heavy (non-hydrogen) atoms. The van der Waals surface area contributed by atoms with Crippen molar-refractivity contribution in [3.05, 3.63) is 54.6 Å². The van der Waals surface area contributed by atoms with Crippen LogP contribution in [0.5, 0.6) is 5.75 Å². The molecule has 6 heteroatoms. The number of benzene rings is 2. The minimum absolute atomic E-state index is 0.0917. The summed E-state index contributed by atoms with van der Waals surface area (Å²) in [5.41, 5.74) is 0.174. The molecule has 0 saturated carbocycles. The molecule has 98 valence electrons. The van der Waals surface area contributed by atoms with Gasteiger partial charge in [-0.3, -0.25) is 4.79 Å². The second kappa shape index (κ2) is 5.53. The molecule has 0 aromatic heterocycles. The zero-order valence-electron chi connectivity index (χ0n) is 9.81. The van der Waals surface area contributed by atoms with E-state index >= 15 is 0 Å². The van der Waals surface area contributed by atoms with E-state index in [1.165, 1.54) is 24.3 Å². The summed E-state index contributed by atoms with van der Waals surface area (Å²) in [4.78, 5) is 10.4. The molecule has 0 aliphatic heterocycles. The summed E-state index contributed by atoms with van der Waals surface area (Å²) in [6.07, 6.45) is 0.414. The maximum Gasteiger partial charge on any atom is 0.341 e. The molecule has 1 N–H and O–H groups in total. The largest absolute Gasteiger partial charge is 0.379 e. The van der Waals surface area contributed by atoms with Gasteiger partial charge in [0.25, 0.3) is 0 Å². The van der Waals surface area contributed by atoms with Crippen LogP contribution in [0.2, 0.25) is 0 Å². The van der Waals surface area contributed by atoms with Crippen molar-refractivity contribution in [3.8, 4) is 5.75 Å². The summed E-state index contributed by atoms with van der Waals surface area (Å²) < 4.78 is 29.2. The molecule has 0 spiro atoms. The zero-order chi connectivity index (χ0) is 13.7. The first kappa shape index (κ1) is 13.1. The van der Waals surface area contributed by atoms with Crippen LogP contribution < -0.4 is 9.50 Å². The highest BCUT2D eigenvalue weighted by atomic mass is 32.2. The predicted octanol–water partition coefficient (Wildman–Crippen LogP) is 2.02. The summed E-state index contributed by atoms with van der Waals surface area (Å²) in [6.45, 7) is 0. The van der Waals surface area contributed by atoms with Crippen molar-refractivity contribution < 1.29 is 17.4 Å². The minimum atomic E-state index is -3.99. The van der Waals surface area contributed by atoms with Crippen LogP contribution in [0, 0.1) is 0 Å². The van der Waals surface area contributed by atoms with E-state index in [0.29, 0.717) is 6.41 Å². The molecule has 0 unspecified atom stereocenters. The van der Waals surface area contributed by atoms with Gasteiger partial charge in [-0.25, -0.2) is 0 Å². The fourth-order valence-electron chi connectivity index (χ4n) is 1.51. The summed E-state index contributed by atoms with van der Waals surface area (Å²) >= 11 is 0. The van der Waals surface area contributed by atoms with Crippen molar-refractivity contribution in [2.24, 2.45) is 0 Å². The highest BCUT2D eigenvalue weighted by Crippen LogP contribution is 2.24. The molecule has 0 bridgehead atoms. The fourth-order valence-corrected chi connectivity index (χ4v) is 2.61. The Labute approximate surface area is 111 Å². The molecule has 0 saturated heterocycles. The fraction of sp³-hybridized carbons (Fsp3) is 0. The van der Waals surface area contributed by atoms with Gasteiger partial charge in [-0.05, 0) is 24.3 Å². The number of amides is 1. The maximum absolute atomic E-state index is 12.1. The van der Waals surface area contributed by atoms with Crippen molar-refractivity contribution >= 4 is 22.2 Å². The smallest absolute Gasteiger partial charge is 0.341 e. The molecular formula is C13H11NO4S. The Balaban J connectivity index is 2.37. The molecule has 5 nitrogen and oxygen atoms in total. The molecule has 0 aliphatic rings. The Morgan fingerprint density at radius 3 is 2.26 bits per heavy atom. The first-order valence-electron chi connectivity index (χ1n) is 5.42. The molecule has 0 fully saturated rings. The van der Waals surface area contributed by atoms with Gasteiger partial charge in [0.1, 0.15) is 10.6 Å². The van der Waals surface area contributed by atoms with Gasteiger partial charge in [-0.1, -0.05) is 30.3 Å². The van der Waals surface area contributed by atoms with Crippen LogP contribution in [0.1, 0.15) is 0 Å². The molecule has 0 atom stereocenters. The number of carbonyl (C=O) groups is 1. The number of hydrogen-bond donors (Lipinski definition) is 1. The quantitative estimate of drug-likeness (QED) is 0.670. The van der Waals surface area contributed by atoms with Crippen LogP contribution in [0.15, 0.2) is 59.5 Å². The minimum Gasteiger partial charge on any atom is -0.379 e. The Morgan fingerprint density at radius 2 is 1.58 bits per heavy atom. The SMILES string of the molecule is O=CNc1ccccc1S(=O)(=O)Oc1ccccc1. The van der Waals surface area contributed by atoms with E-state index in [4.69, 9.17) is 4.18 Å². The number of hydrogen-bond acceptors (Lipinski definition) is 4. The number of anilines is 1. The lowest BCUT2D eigenvalue weighted by atomic mass is 10.3. The third-order valence-electron chi connectivity index (χ3n) is 2.32. The van der Waals surface area contributed by atoms with Crippen LogP contribution in [0.3, 0.4) is 0 Å². The second-order valence-corrected chi connectivity index (χ2v) is 5.12. The molecular weight excluding hydrogens is 266 g/mol. The van der Waals surface area contributed by atoms with E-state index in [2.05, 4.69) is 5.32 Å². The van der Waals surface area contributed by atoms with Gasteiger partial charge >= 0.3 is 10.1 Å². The van der Waals surface area contributed by atoms with Gasteiger partial charge in [0.05, 0.1) is 5.69 Å². The first-order chi connectivity index (χ1) is 9.13. The normalized spacial score (nSPS) is 10.7. The van der Waals surface area contributed by atoms with Gasteiger partial charge in [-0.2, -0.15) is 8.42 Å². The first-order valence-corrected chi connectivity index (χ1v) is 6.83. The number of nitrogens with one attached hydrogen (secondary N) is 1. The van der Waals surface area contributed by atoms with E-state index < -0.39 is 10.1 Å². The van der Waals surface area contributed by atoms with Crippen LogP contribution in [0.4, 0.5) is 5.69 Å². The lowest BCUT2D eigenvalue weighted by Crippen LogP contribution is -2.12. The van der Waals surface area contributed by atoms with E-state index in [0.717, 1.165) is 0 Å². The topological polar surface area (TPSA) is 72.5 Å². The van der Waals surface area contributed by atoms with E-state index in [1.54, 1.807) is 30.3 Å². The lowest BCUT2D eigenvalue weighted by Gasteiger charge is -2.10. The summed E-state index contributed by atoms with van der Waals surface area (Å²) in [5, 5.41) is 2.33. The van der Waals surface area contributed by atoms with Crippen LogP contribution in [-0.2, 0) is 14.9 Å². The van der Waals surface area contributed by atoms with E-state index in [-0.39, 0.29) is 16.3 Å². The third kappa shape index (κ3) is 3.11. The number of para-hydroxylation sites is 2. The Hall–Kier alpha value is -2.34. The average Bonchev–Trinajstić information content (AvgIpc) is 2.40. The van der Waals surface area contributed by atoms with Crippen molar-refractivity contribution in [2.45, 2.75) is 4.90 Å². The summed E-state index contributed by atoms with van der Waals surface area (Å²) in [5.74, 6) is 0.211. The van der Waals surface area contributed by atoms with Crippen LogP contribution in [-0.4, -0.2) is 14.8 Å². The van der Waals surface area contributed by atoms with Crippen LogP contribution in [0.25, 0.3) is 0 Å². The van der Waals surface area contributed by atoms with E-state index in [9.17, 15) is 13.2 Å². The standard InChI is InChI=1S/C13H11NO4S/c15-10-14-12-8-4-5-9-13(12)19(16,17)18-11-6-2-1-3-7-11/h1-10H,(H,14,15). The average molecular weight is 277 g/mol. The van der Waals surface area contributed by atoms with Crippen molar-refractivity contribution in [1.82, 2.24) is 0 Å². The van der Waals surface area contributed by atoms with Crippen molar-refractivity contribution in [1.29, 1.82) is 0 Å². The Bertz CT molecular complexity index is 668. The highest BCUT2D eigenvalue weighted by molar-refractivity contribution is 7.87. The molecule has 2 aromatic carbocycles. The number of carbonyl (C=O) groups excluding carboxylic acids is 1. The molecule has 0 radical (unpaired) electrons. The van der Waals surface area contributed by atoms with Crippen molar-refractivity contribution in [3.63, 3.8) is 0 Å². The van der Waals surface area contributed by atoms with Gasteiger partial charge in [0.15, 0.2) is 0 Å². The van der Waals surface area contributed by atoms with E-state index in [1.807, 2.05) is 0 Å². The number of rotatable bonds is 5. The Kier molecular flexibility index (Phi) is 3.82. The zero-order valence-corrected chi connectivity index (χ0v) is 10.6. The van der Waals surface area contributed by atoms with Gasteiger partial charge in [-0.15, -0.1) is 0 Å². The van der Waals surface area contributed by atoms with Gasteiger partial charge in [0, 0.05) is 0 Å². The molecule has 0 heterocycles. The summed E-state index contributed by atoms with van der Waals surface area (Å²) in [6, 6.07) is 14.2. The molecule has 1 amide bonds. The third-order valence-corrected chi connectivity index (χ3v) is 3.63. The molecule has 2 aromatic rings. The monoisotopic (exact) mass is 277 g/mol. The predicted molar refractivity (Wildman–Crippen MR) is 70.4 cm³/mol. The van der Waals surface area contributed by atoms with Crippen molar-refractivity contribution in [2.75, 3.05) is 5.32 Å². The molecule has 2 rings (SSSR count).